The number of hydrogen-bond donors (Lipinski definition) is 0. The van der Waals surface area contributed by atoms with Crippen molar-refractivity contribution in [1.82, 2.24) is 10.1 Å². The molecule has 0 bridgehead atoms. The van der Waals surface area contributed by atoms with Crippen LogP contribution in [0.5, 0.6) is 0 Å². The fraction of sp³-hybridized carbons (Fsp3) is 0.667. The monoisotopic (exact) mass is 174 g/mol. The normalized spacial score (nSPS) is 10.4. The summed E-state index contributed by atoms with van der Waals surface area (Å²) in [6.07, 6.45) is 1.99. The van der Waals surface area contributed by atoms with Crippen molar-refractivity contribution >= 4 is 11.8 Å². The SMILES string of the molecule is COCc1nc(CSC)no1. The minimum absolute atomic E-state index is 0.390. The molecule has 0 N–H and O–H groups in total. The van der Waals surface area contributed by atoms with Gasteiger partial charge in [-0.15, -0.1) is 0 Å². The molecule has 5 heteroatoms. The van der Waals surface area contributed by atoms with E-state index in [0.717, 1.165) is 11.6 Å². The highest BCUT2D eigenvalue weighted by molar-refractivity contribution is 7.97. The highest BCUT2D eigenvalue weighted by Gasteiger charge is 2.03. The third kappa shape index (κ3) is 2.51. The smallest absolute Gasteiger partial charge is 0.252 e. The van der Waals surface area contributed by atoms with Crippen LogP contribution in [0.3, 0.4) is 0 Å². The van der Waals surface area contributed by atoms with E-state index in [1.54, 1.807) is 18.9 Å². The molecular formula is C6H10N2O2S. The minimum atomic E-state index is 0.390. The zero-order valence-electron chi connectivity index (χ0n) is 6.53. The Morgan fingerprint density at radius 3 is 3.09 bits per heavy atom. The van der Waals surface area contributed by atoms with Gasteiger partial charge in [-0.25, -0.2) is 0 Å². The molecule has 0 fully saturated rings. The van der Waals surface area contributed by atoms with Crippen molar-refractivity contribution in [3.05, 3.63) is 11.7 Å². The van der Waals surface area contributed by atoms with Crippen LogP contribution in [0.2, 0.25) is 0 Å². The molecule has 1 aromatic heterocycles. The van der Waals surface area contributed by atoms with E-state index in [1.807, 2.05) is 6.26 Å². The summed E-state index contributed by atoms with van der Waals surface area (Å²) in [5.74, 6) is 2.05. The van der Waals surface area contributed by atoms with Gasteiger partial charge in [-0.1, -0.05) is 5.16 Å². The first kappa shape index (κ1) is 8.55. The molecule has 0 aromatic carbocycles. The van der Waals surface area contributed by atoms with E-state index in [4.69, 9.17) is 9.26 Å². The first-order valence-corrected chi connectivity index (χ1v) is 4.55. The molecule has 1 heterocycles. The Morgan fingerprint density at radius 2 is 2.45 bits per heavy atom. The predicted molar refractivity (Wildman–Crippen MR) is 42.2 cm³/mol. The molecule has 0 aliphatic carbocycles. The molecule has 0 spiro atoms. The van der Waals surface area contributed by atoms with Crippen LogP contribution in [0, 0.1) is 0 Å². The average molecular weight is 174 g/mol. The standard InChI is InChI=1S/C6H10N2O2S/c1-9-3-6-7-5(4-11-2)8-10-6/h3-4H2,1-2H3. The van der Waals surface area contributed by atoms with E-state index in [0.29, 0.717) is 12.5 Å². The third-order valence-corrected chi connectivity index (χ3v) is 1.60. The molecule has 4 nitrogen and oxygen atoms in total. The van der Waals surface area contributed by atoms with E-state index in [1.165, 1.54) is 0 Å². The lowest BCUT2D eigenvalue weighted by Gasteiger charge is -1.86. The van der Waals surface area contributed by atoms with E-state index in [2.05, 4.69) is 10.1 Å². The molecule has 11 heavy (non-hydrogen) atoms. The first-order chi connectivity index (χ1) is 5.36. The minimum Gasteiger partial charge on any atom is -0.375 e. The van der Waals surface area contributed by atoms with Crippen molar-refractivity contribution in [2.24, 2.45) is 0 Å². The van der Waals surface area contributed by atoms with Gasteiger partial charge in [0, 0.05) is 7.11 Å². The summed E-state index contributed by atoms with van der Waals surface area (Å²) in [4.78, 5) is 4.07. The van der Waals surface area contributed by atoms with Crippen molar-refractivity contribution in [2.75, 3.05) is 13.4 Å². The lowest BCUT2D eigenvalue weighted by Crippen LogP contribution is -1.87. The van der Waals surface area contributed by atoms with Crippen molar-refractivity contribution < 1.29 is 9.26 Å². The highest BCUT2D eigenvalue weighted by atomic mass is 32.2. The summed E-state index contributed by atoms with van der Waals surface area (Å²) in [5, 5.41) is 3.74. The number of thioether (sulfide) groups is 1. The molecule has 0 saturated heterocycles. The lowest BCUT2D eigenvalue weighted by atomic mass is 10.7. The van der Waals surface area contributed by atoms with Gasteiger partial charge in [-0.3, -0.25) is 0 Å². The lowest BCUT2D eigenvalue weighted by molar-refractivity contribution is 0.151. The van der Waals surface area contributed by atoms with Crippen LogP contribution in [-0.4, -0.2) is 23.5 Å². The Hall–Kier alpha value is -0.550. The van der Waals surface area contributed by atoms with Crippen LogP contribution in [0.4, 0.5) is 0 Å². The molecule has 1 rings (SSSR count). The van der Waals surface area contributed by atoms with E-state index >= 15 is 0 Å². The topological polar surface area (TPSA) is 48.2 Å². The van der Waals surface area contributed by atoms with Crippen LogP contribution in [0.25, 0.3) is 0 Å². The van der Waals surface area contributed by atoms with Gasteiger partial charge in [0.15, 0.2) is 5.82 Å². The van der Waals surface area contributed by atoms with Gasteiger partial charge in [0.1, 0.15) is 6.61 Å². The second-order valence-electron chi connectivity index (χ2n) is 1.97. The second-order valence-corrected chi connectivity index (χ2v) is 2.84. The third-order valence-electron chi connectivity index (χ3n) is 1.05. The van der Waals surface area contributed by atoms with Gasteiger partial charge in [0.05, 0.1) is 5.75 Å². The summed E-state index contributed by atoms with van der Waals surface area (Å²) in [7, 11) is 1.60. The molecule has 0 amide bonds. The quantitative estimate of drug-likeness (QED) is 0.683. The number of methoxy groups -OCH3 is 1. The summed E-state index contributed by atoms with van der Waals surface area (Å²) >= 11 is 1.66. The van der Waals surface area contributed by atoms with Gasteiger partial charge >= 0.3 is 0 Å². The maximum absolute atomic E-state index is 4.86. The van der Waals surface area contributed by atoms with Gasteiger partial charge in [-0.2, -0.15) is 16.7 Å². The molecule has 0 radical (unpaired) electrons. The Bertz CT molecular complexity index is 194. The second kappa shape index (κ2) is 4.35. The van der Waals surface area contributed by atoms with Crippen molar-refractivity contribution in [1.29, 1.82) is 0 Å². The largest absolute Gasteiger partial charge is 0.375 e. The van der Waals surface area contributed by atoms with Crippen molar-refractivity contribution in [3.63, 3.8) is 0 Å². The summed E-state index contributed by atoms with van der Waals surface area (Å²) in [6, 6.07) is 0. The average Bonchev–Trinajstić information content (AvgIpc) is 2.38. The molecule has 1 aromatic rings. The van der Waals surface area contributed by atoms with Crippen LogP contribution < -0.4 is 0 Å². The van der Waals surface area contributed by atoms with Gasteiger partial charge < -0.3 is 9.26 Å². The number of hydrogen-bond acceptors (Lipinski definition) is 5. The molecule has 0 unspecified atom stereocenters. The zero-order valence-corrected chi connectivity index (χ0v) is 7.35. The van der Waals surface area contributed by atoms with E-state index in [9.17, 15) is 0 Å². The predicted octanol–water partition coefficient (Wildman–Crippen LogP) is 1.08. The maximum atomic E-state index is 4.86. The number of rotatable bonds is 4. The van der Waals surface area contributed by atoms with Crippen LogP contribution in [0.15, 0.2) is 4.52 Å². The van der Waals surface area contributed by atoms with Crippen molar-refractivity contribution in [2.45, 2.75) is 12.4 Å². The molecule has 62 valence electrons. The van der Waals surface area contributed by atoms with Gasteiger partial charge in [0.25, 0.3) is 5.89 Å². The fourth-order valence-corrected chi connectivity index (χ4v) is 1.04. The fourth-order valence-electron chi connectivity index (χ4n) is 0.660. The Labute approximate surface area is 69.3 Å². The highest BCUT2D eigenvalue weighted by Crippen LogP contribution is 2.05. The number of aromatic nitrogens is 2. The van der Waals surface area contributed by atoms with Crippen LogP contribution in [0.1, 0.15) is 11.7 Å². The molecular weight excluding hydrogens is 164 g/mol. The Morgan fingerprint density at radius 1 is 1.64 bits per heavy atom. The van der Waals surface area contributed by atoms with E-state index < -0.39 is 0 Å². The van der Waals surface area contributed by atoms with Gasteiger partial charge in [-0.05, 0) is 6.26 Å². The molecule has 0 atom stereocenters. The summed E-state index contributed by atoms with van der Waals surface area (Å²) < 4.78 is 9.67. The van der Waals surface area contributed by atoms with E-state index in [-0.39, 0.29) is 0 Å². The first-order valence-electron chi connectivity index (χ1n) is 3.16. The molecule has 0 aliphatic heterocycles. The summed E-state index contributed by atoms with van der Waals surface area (Å²) in [5.41, 5.74) is 0. The van der Waals surface area contributed by atoms with Crippen molar-refractivity contribution in [3.8, 4) is 0 Å². The van der Waals surface area contributed by atoms with Gasteiger partial charge in [0.2, 0.25) is 0 Å². The number of ether oxygens (including phenoxy) is 1. The summed E-state index contributed by atoms with van der Waals surface area (Å²) in [6.45, 7) is 0.390. The Kier molecular flexibility index (Phi) is 3.38. The Balaban J connectivity index is 2.51. The molecule has 0 saturated carbocycles. The van der Waals surface area contributed by atoms with Crippen LogP contribution >= 0.6 is 11.8 Å². The molecule has 0 aliphatic rings. The zero-order chi connectivity index (χ0) is 8.10. The number of nitrogens with zero attached hydrogens (tertiary/aromatic N) is 2. The van der Waals surface area contributed by atoms with Crippen LogP contribution in [-0.2, 0) is 17.1 Å². The maximum Gasteiger partial charge on any atom is 0.252 e.